The van der Waals surface area contributed by atoms with Gasteiger partial charge >= 0.3 is 0 Å². The summed E-state index contributed by atoms with van der Waals surface area (Å²) in [5.41, 5.74) is 14.3. The maximum atomic E-state index is 5.83. The second-order valence-electron chi connectivity index (χ2n) is 3.30. The van der Waals surface area contributed by atoms with E-state index in [2.05, 4.69) is 10.4 Å². The van der Waals surface area contributed by atoms with Crippen molar-refractivity contribution in [2.24, 2.45) is 11.5 Å². The third-order valence-electron chi connectivity index (χ3n) is 2.22. The first-order valence-corrected chi connectivity index (χ1v) is 5.70. The summed E-state index contributed by atoms with van der Waals surface area (Å²) < 4.78 is 0. The monoisotopic (exact) mass is 219 g/mol. The molecule has 0 fully saturated rings. The van der Waals surface area contributed by atoms with Crippen LogP contribution in [0.3, 0.4) is 0 Å². The normalized spacial score (nSPS) is 12.7. The van der Waals surface area contributed by atoms with E-state index in [0.717, 1.165) is 17.0 Å². The number of nitrogens with zero attached hydrogens (tertiary/aromatic N) is 1. The Morgan fingerprint density at radius 3 is 2.87 bits per heavy atom. The van der Waals surface area contributed by atoms with Gasteiger partial charge in [0.25, 0.3) is 0 Å². The second-order valence-corrected chi connectivity index (χ2v) is 4.08. The van der Waals surface area contributed by atoms with E-state index in [9.17, 15) is 0 Å². The number of nitrogens with two attached hydrogens (primary N) is 2. The highest BCUT2D eigenvalue weighted by molar-refractivity contribution is 7.08. The fourth-order valence-electron chi connectivity index (χ4n) is 1.35. The topological polar surface area (TPSA) is 64.9 Å². The van der Waals surface area contributed by atoms with Gasteiger partial charge in [-0.05, 0) is 23.6 Å². The van der Waals surface area contributed by atoms with Crippen LogP contribution in [-0.4, -0.2) is 11.5 Å². The van der Waals surface area contributed by atoms with Crippen LogP contribution in [0, 0.1) is 0 Å². The Balaban J connectivity index is 2.35. The highest BCUT2D eigenvalue weighted by Crippen LogP contribution is 2.21. The van der Waals surface area contributed by atoms with Crippen LogP contribution in [0.4, 0.5) is 0 Å². The molecule has 0 aliphatic rings. The van der Waals surface area contributed by atoms with Gasteiger partial charge in [0.1, 0.15) is 0 Å². The lowest BCUT2D eigenvalue weighted by Crippen LogP contribution is -2.21. The van der Waals surface area contributed by atoms with Crippen molar-refractivity contribution >= 4 is 11.3 Å². The number of pyridine rings is 1. The van der Waals surface area contributed by atoms with E-state index in [4.69, 9.17) is 11.5 Å². The standard InChI is InChI=1S/C11H13N3S/c12-6-9(13)11-3-1-2-10(14-11)8-4-5-15-7-8/h1-5,7,9H,6,12-13H2. The van der Waals surface area contributed by atoms with Crippen molar-refractivity contribution in [1.82, 2.24) is 4.98 Å². The van der Waals surface area contributed by atoms with Gasteiger partial charge in [-0.2, -0.15) is 11.3 Å². The van der Waals surface area contributed by atoms with Crippen LogP contribution in [0.25, 0.3) is 11.3 Å². The van der Waals surface area contributed by atoms with E-state index in [1.807, 2.05) is 29.6 Å². The molecule has 2 aromatic heterocycles. The summed E-state index contributed by atoms with van der Waals surface area (Å²) in [4.78, 5) is 4.49. The van der Waals surface area contributed by atoms with Crippen LogP contribution in [0.2, 0.25) is 0 Å². The molecule has 0 aliphatic carbocycles. The predicted molar refractivity (Wildman–Crippen MR) is 63.5 cm³/mol. The SMILES string of the molecule is NCC(N)c1cccc(-c2ccsc2)n1. The Hall–Kier alpha value is -1.23. The zero-order chi connectivity index (χ0) is 10.7. The van der Waals surface area contributed by atoms with Crippen molar-refractivity contribution < 1.29 is 0 Å². The molecule has 0 bridgehead atoms. The molecule has 0 amide bonds. The van der Waals surface area contributed by atoms with Crippen molar-refractivity contribution in [3.05, 3.63) is 40.7 Å². The zero-order valence-electron chi connectivity index (χ0n) is 8.26. The van der Waals surface area contributed by atoms with Crippen molar-refractivity contribution in [2.45, 2.75) is 6.04 Å². The lowest BCUT2D eigenvalue weighted by molar-refractivity contribution is 0.712. The molecular weight excluding hydrogens is 206 g/mol. The molecule has 2 heterocycles. The molecule has 2 rings (SSSR count). The summed E-state index contributed by atoms with van der Waals surface area (Å²) in [5, 5.41) is 4.10. The summed E-state index contributed by atoms with van der Waals surface area (Å²) in [6.07, 6.45) is 0. The third kappa shape index (κ3) is 2.23. The second kappa shape index (κ2) is 4.53. The van der Waals surface area contributed by atoms with E-state index in [1.165, 1.54) is 0 Å². The van der Waals surface area contributed by atoms with E-state index < -0.39 is 0 Å². The highest BCUT2D eigenvalue weighted by Gasteiger charge is 2.06. The van der Waals surface area contributed by atoms with Crippen molar-refractivity contribution in [2.75, 3.05) is 6.54 Å². The minimum absolute atomic E-state index is 0.177. The molecule has 0 aromatic carbocycles. The van der Waals surface area contributed by atoms with E-state index in [-0.39, 0.29) is 6.04 Å². The lowest BCUT2D eigenvalue weighted by atomic mass is 10.1. The van der Waals surface area contributed by atoms with Crippen molar-refractivity contribution in [1.29, 1.82) is 0 Å². The van der Waals surface area contributed by atoms with Gasteiger partial charge < -0.3 is 11.5 Å². The number of rotatable bonds is 3. The lowest BCUT2D eigenvalue weighted by Gasteiger charge is -2.08. The van der Waals surface area contributed by atoms with Crippen LogP contribution < -0.4 is 11.5 Å². The molecule has 1 atom stereocenters. The van der Waals surface area contributed by atoms with E-state index in [0.29, 0.717) is 6.54 Å². The van der Waals surface area contributed by atoms with Crippen molar-refractivity contribution in [3.8, 4) is 11.3 Å². The largest absolute Gasteiger partial charge is 0.329 e. The first-order valence-electron chi connectivity index (χ1n) is 4.76. The third-order valence-corrected chi connectivity index (χ3v) is 2.90. The first-order chi connectivity index (χ1) is 7.31. The maximum absolute atomic E-state index is 5.83. The number of thiophene rings is 1. The molecule has 3 nitrogen and oxygen atoms in total. The zero-order valence-corrected chi connectivity index (χ0v) is 9.08. The molecule has 2 aromatic rings. The van der Waals surface area contributed by atoms with E-state index in [1.54, 1.807) is 11.3 Å². The molecule has 78 valence electrons. The Labute approximate surface area is 92.8 Å². The average Bonchev–Trinajstić information content (AvgIpc) is 2.82. The van der Waals surface area contributed by atoms with Crippen molar-refractivity contribution in [3.63, 3.8) is 0 Å². The van der Waals surface area contributed by atoms with Gasteiger partial charge in [-0.3, -0.25) is 4.98 Å². The number of hydrogen-bond acceptors (Lipinski definition) is 4. The van der Waals surface area contributed by atoms with Gasteiger partial charge in [0, 0.05) is 17.5 Å². The molecule has 0 spiro atoms. The van der Waals surface area contributed by atoms with Crippen LogP contribution in [-0.2, 0) is 0 Å². The molecular formula is C11H13N3S. The van der Waals surface area contributed by atoms with Gasteiger partial charge in [0.05, 0.1) is 17.4 Å². The molecule has 4 heteroatoms. The summed E-state index contributed by atoms with van der Waals surface area (Å²) in [5.74, 6) is 0. The highest BCUT2D eigenvalue weighted by atomic mass is 32.1. The fourth-order valence-corrected chi connectivity index (χ4v) is 2.00. The Kier molecular flexibility index (Phi) is 3.11. The maximum Gasteiger partial charge on any atom is 0.0714 e. The molecule has 0 saturated heterocycles. The summed E-state index contributed by atoms with van der Waals surface area (Å²) in [6.45, 7) is 0.417. The molecule has 15 heavy (non-hydrogen) atoms. The number of aromatic nitrogens is 1. The molecule has 0 saturated carbocycles. The van der Waals surface area contributed by atoms with Gasteiger partial charge in [-0.15, -0.1) is 0 Å². The summed E-state index contributed by atoms with van der Waals surface area (Å²) in [7, 11) is 0. The van der Waals surface area contributed by atoms with Crippen LogP contribution in [0.1, 0.15) is 11.7 Å². The molecule has 1 unspecified atom stereocenters. The minimum Gasteiger partial charge on any atom is -0.329 e. The summed E-state index contributed by atoms with van der Waals surface area (Å²) >= 11 is 1.66. The quantitative estimate of drug-likeness (QED) is 0.826. The Bertz CT molecular complexity index is 425. The van der Waals surface area contributed by atoms with Gasteiger partial charge in [0.15, 0.2) is 0 Å². The van der Waals surface area contributed by atoms with Gasteiger partial charge in [0.2, 0.25) is 0 Å². The smallest absolute Gasteiger partial charge is 0.0714 e. The number of hydrogen-bond donors (Lipinski definition) is 2. The fraction of sp³-hybridized carbons (Fsp3) is 0.182. The Morgan fingerprint density at radius 1 is 1.33 bits per heavy atom. The minimum atomic E-state index is -0.177. The predicted octanol–water partition coefficient (Wildman–Crippen LogP) is 1.77. The molecule has 0 radical (unpaired) electrons. The van der Waals surface area contributed by atoms with Crippen LogP contribution >= 0.6 is 11.3 Å². The Morgan fingerprint density at radius 2 is 2.20 bits per heavy atom. The van der Waals surface area contributed by atoms with Gasteiger partial charge in [-0.1, -0.05) is 6.07 Å². The van der Waals surface area contributed by atoms with Crippen LogP contribution in [0.15, 0.2) is 35.0 Å². The van der Waals surface area contributed by atoms with Gasteiger partial charge in [-0.25, -0.2) is 0 Å². The van der Waals surface area contributed by atoms with Crippen LogP contribution in [0.5, 0.6) is 0 Å². The molecule has 0 aliphatic heterocycles. The summed E-state index contributed by atoms with van der Waals surface area (Å²) in [6, 6.07) is 7.72. The first kappa shape index (κ1) is 10.3. The average molecular weight is 219 g/mol. The molecule has 4 N–H and O–H groups in total. The van der Waals surface area contributed by atoms with E-state index >= 15 is 0 Å².